The first-order valence-electron chi connectivity index (χ1n) is 6.17. The molecule has 2 N–H and O–H groups in total. The highest BCUT2D eigenvalue weighted by Gasteiger charge is 2.17. The molecular formula is C12H16N6O2. The third-order valence-electron chi connectivity index (χ3n) is 3.06. The van der Waals surface area contributed by atoms with Gasteiger partial charge >= 0.3 is 0 Å². The first kappa shape index (κ1) is 13.9. The van der Waals surface area contributed by atoms with E-state index in [1.807, 2.05) is 0 Å². The smallest absolute Gasteiger partial charge is 0.279 e. The van der Waals surface area contributed by atoms with Crippen molar-refractivity contribution < 1.29 is 4.79 Å². The third kappa shape index (κ3) is 2.73. The van der Waals surface area contributed by atoms with Crippen LogP contribution in [0.15, 0.2) is 11.1 Å². The summed E-state index contributed by atoms with van der Waals surface area (Å²) in [5.74, 6) is 0.286. The standard InChI is InChI=1S/C12H16N6O2/c1-7-8(2)17-18(3)12(20)10(7)11(19)13-5-4-9-14-6-15-16-9/h6H,4-5H2,1-3H3,(H,13,19)(H,14,15,16). The molecule has 2 heterocycles. The minimum Gasteiger partial charge on any atom is -0.351 e. The summed E-state index contributed by atoms with van der Waals surface area (Å²) in [7, 11) is 1.53. The Bertz CT molecular complexity index is 674. The monoisotopic (exact) mass is 276 g/mol. The van der Waals surface area contributed by atoms with E-state index in [4.69, 9.17) is 0 Å². The Morgan fingerprint density at radius 3 is 2.85 bits per heavy atom. The molecule has 1 amide bonds. The van der Waals surface area contributed by atoms with Gasteiger partial charge in [0.15, 0.2) is 0 Å². The number of rotatable bonds is 4. The van der Waals surface area contributed by atoms with E-state index in [0.717, 1.165) is 0 Å². The van der Waals surface area contributed by atoms with Crippen molar-refractivity contribution >= 4 is 5.91 Å². The molecule has 106 valence electrons. The zero-order valence-corrected chi connectivity index (χ0v) is 11.6. The van der Waals surface area contributed by atoms with Gasteiger partial charge in [0, 0.05) is 20.0 Å². The largest absolute Gasteiger partial charge is 0.351 e. The molecule has 0 aliphatic heterocycles. The Kier molecular flexibility index (Phi) is 3.92. The lowest BCUT2D eigenvalue weighted by Gasteiger charge is -2.09. The molecule has 8 heteroatoms. The number of nitrogens with zero attached hydrogens (tertiary/aromatic N) is 4. The highest BCUT2D eigenvalue weighted by atomic mass is 16.2. The number of hydrogen-bond acceptors (Lipinski definition) is 5. The van der Waals surface area contributed by atoms with Crippen molar-refractivity contribution in [3.63, 3.8) is 0 Å². The van der Waals surface area contributed by atoms with Crippen molar-refractivity contribution in [2.75, 3.05) is 6.54 Å². The van der Waals surface area contributed by atoms with Crippen LogP contribution in [0.4, 0.5) is 0 Å². The number of carbonyl (C=O) groups is 1. The summed E-state index contributed by atoms with van der Waals surface area (Å²) < 4.78 is 1.17. The van der Waals surface area contributed by atoms with E-state index < -0.39 is 11.5 Å². The molecule has 0 atom stereocenters. The van der Waals surface area contributed by atoms with Crippen molar-refractivity contribution in [3.8, 4) is 0 Å². The van der Waals surface area contributed by atoms with E-state index in [2.05, 4.69) is 25.6 Å². The quantitative estimate of drug-likeness (QED) is 0.782. The normalized spacial score (nSPS) is 10.6. The Balaban J connectivity index is 2.11. The van der Waals surface area contributed by atoms with Crippen LogP contribution in [0.2, 0.25) is 0 Å². The van der Waals surface area contributed by atoms with E-state index in [-0.39, 0.29) is 5.56 Å². The first-order valence-corrected chi connectivity index (χ1v) is 6.17. The van der Waals surface area contributed by atoms with Crippen molar-refractivity contribution in [1.29, 1.82) is 0 Å². The van der Waals surface area contributed by atoms with E-state index in [1.54, 1.807) is 13.8 Å². The molecule has 0 bridgehead atoms. The number of aryl methyl sites for hydroxylation is 2. The van der Waals surface area contributed by atoms with Crippen LogP contribution < -0.4 is 10.9 Å². The number of hydrogen-bond donors (Lipinski definition) is 2. The van der Waals surface area contributed by atoms with Crippen molar-refractivity contribution in [3.05, 3.63) is 39.3 Å². The lowest BCUT2D eigenvalue weighted by Crippen LogP contribution is -2.36. The van der Waals surface area contributed by atoms with Gasteiger partial charge in [-0.1, -0.05) is 0 Å². The lowest BCUT2D eigenvalue weighted by atomic mass is 10.1. The molecule has 0 saturated carbocycles. The van der Waals surface area contributed by atoms with E-state index in [1.165, 1.54) is 18.1 Å². The Morgan fingerprint density at radius 2 is 2.20 bits per heavy atom. The van der Waals surface area contributed by atoms with Crippen LogP contribution in [-0.2, 0) is 13.5 Å². The molecule has 0 aliphatic carbocycles. The maximum absolute atomic E-state index is 12.1. The zero-order valence-electron chi connectivity index (χ0n) is 11.6. The van der Waals surface area contributed by atoms with Gasteiger partial charge in [-0.15, -0.1) is 0 Å². The number of carbonyl (C=O) groups excluding carboxylic acids is 1. The molecule has 2 rings (SSSR count). The van der Waals surface area contributed by atoms with Gasteiger partial charge in [-0.3, -0.25) is 14.7 Å². The molecule has 0 fully saturated rings. The van der Waals surface area contributed by atoms with Gasteiger partial charge < -0.3 is 5.32 Å². The van der Waals surface area contributed by atoms with Crippen LogP contribution in [0.3, 0.4) is 0 Å². The summed E-state index contributed by atoms with van der Waals surface area (Å²) in [6.07, 6.45) is 1.93. The van der Waals surface area contributed by atoms with Gasteiger partial charge in [-0.2, -0.15) is 10.2 Å². The molecule has 0 aromatic carbocycles. The van der Waals surface area contributed by atoms with Gasteiger partial charge in [0.25, 0.3) is 11.5 Å². The second-order valence-electron chi connectivity index (χ2n) is 4.45. The predicted molar refractivity (Wildman–Crippen MR) is 71.4 cm³/mol. The second kappa shape index (κ2) is 5.64. The maximum atomic E-state index is 12.1. The number of aromatic amines is 1. The summed E-state index contributed by atoms with van der Waals surface area (Å²) in [5, 5.41) is 13.2. The minimum atomic E-state index is -0.398. The van der Waals surface area contributed by atoms with Gasteiger partial charge in [0.1, 0.15) is 17.7 Å². The summed E-state index contributed by atoms with van der Waals surface area (Å²) in [5.41, 5.74) is 1.00. The highest BCUT2D eigenvalue weighted by Crippen LogP contribution is 2.05. The molecule has 2 aromatic heterocycles. The fourth-order valence-electron chi connectivity index (χ4n) is 1.85. The van der Waals surface area contributed by atoms with Crippen LogP contribution in [0.25, 0.3) is 0 Å². The van der Waals surface area contributed by atoms with Crippen molar-refractivity contribution in [2.24, 2.45) is 7.05 Å². The molecule has 2 aromatic rings. The maximum Gasteiger partial charge on any atom is 0.279 e. The minimum absolute atomic E-state index is 0.137. The predicted octanol–water partition coefficient (Wildman–Crippen LogP) is -0.512. The zero-order chi connectivity index (χ0) is 14.7. The Hall–Kier alpha value is -2.51. The molecule has 0 saturated heterocycles. The van der Waals surface area contributed by atoms with Gasteiger partial charge in [-0.25, -0.2) is 9.67 Å². The second-order valence-corrected chi connectivity index (χ2v) is 4.45. The molecule has 8 nitrogen and oxygen atoms in total. The van der Waals surface area contributed by atoms with Gasteiger partial charge in [-0.05, 0) is 19.4 Å². The first-order chi connectivity index (χ1) is 9.50. The molecule has 0 spiro atoms. The van der Waals surface area contributed by atoms with Crippen LogP contribution in [-0.4, -0.2) is 37.4 Å². The average molecular weight is 276 g/mol. The number of nitrogens with one attached hydrogen (secondary N) is 2. The van der Waals surface area contributed by atoms with Crippen molar-refractivity contribution in [2.45, 2.75) is 20.3 Å². The SMILES string of the molecule is Cc1nn(C)c(=O)c(C(=O)NCCc2ncn[nH]2)c1C. The van der Waals surface area contributed by atoms with Crippen LogP contribution >= 0.6 is 0 Å². The van der Waals surface area contributed by atoms with Crippen LogP contribution in [0, 0.1) is 13.8 Å². The molecule has 0 radical (unpaired) electrons. The summed E-state index contributed by atoms with van der Waals surface area (Å²) in [6, 6.07) is 0. The molecule has 0 unspecified atom stereocenters. The highest BCUT2D eigenvalue weighted by molar-refractivity contribution is 5.95. The summed E-state index contributed by atoms with van der Waals surface area (Å²) in [4.78, 5) is 28.1. The topological polar surface area (TPSA) is 106 Å². The third-order valence-corrected chi connectivity index (χ3v) is 3.06. The molecule has 0 aliphatic rings. The average Bonchev–Trinajstić information content (AvgIpc) is 2.90. The van der Waals surface area contributed by atoms with E-state index >= 15 is 0 Å². The van der Waals surface area contributed by atoms with Crippen molar-refractivity contribution in [1.82, 2.24) is 30.3 Å². The van der Waals surface area contributed by atoms with Crippen LogP contribution in [0.5, 0.6) is 0 Å². The lowest BCUT2D eigenvalue weighted by molar-refractivity contribution is 0.0950. The fourth-order valence-corrected chi connectivity index (χ4v) is 1.85. The number of aromatic nitrogens is 5. The van der Waals surface area contributed by atoms with Gasteiger partial charge in [0.05, 0.1) is 5.69 Å². The number of H-pyrrole nitrogens is 1. The Morgan fingerprint density at radius 1 is 1.45 bits per heavy atom. The Labute approximate surface area is 115 Å². The molecular weight excluding hydrogens is 260 g/mol. The van der Waals surface area contributed by atoms with Gasteiger partial charge in [0.2, 0.25) is 0 Å². The summed E-state index contributed by atoms with van der Waals surface area (Å²) >= 11 is 0. The van der Waals surface area contributed by atoms with E-state index in [9.17, 15) is 9.59 Å². The van der Waals surface area contributed by atoms with Crippen LogP contribution in [0.1, 0.15) is 27.4 Å². The van der Waals surface area contributed by atoms with E-state index in [0.29, 0.717) is 30.0 Å². The number of amides is 1. The molecule has 20 heavy (non-hydrogen) atoms. The fraction of sp³-hybridized carbons (Fsp3) is 0.417. The summed E-state index contributed by atoms with van der Waals surface area (Å²) in [6.45, 7) is 3.85.